The number of benzene rings is 3. The van der Waals surface area contributed by atoms with Crippen LogP contribution in [0.5, 0.6) is 11.5 Å². The molecule has 0 saturated heterocycles. The van der Waals surface area contributed by atoms with E-state index in [0.717, 1.165) is 24.3 Å². The second kappa shape index (κ2) is 10.0. The third kappa shape index (κ3) is 5.77. The minimum Gasteiger partial charge on any atom is -0.494 e. The van der Waals surface area contributed by atoms with E-state index >= 15 is 0 Å². The van der Waals surface area contributed by atoms with Gasteiger partial charge in [0, 0.05) is 0 Å². The van der Waals surface area contributed by atoms with Crippen LogP contribution >= 0.6 is 0 Å². The van der Waals surface area contributed by atoms with Crippen LogP contribution in [0.1, 0.15) is 30.1 Å². The second-order valence-electron chi connectivity index (χ2n) is 6.15. The van der Waals surface area contributed by atoms with Gasteiger partial charge in [-0.05, 0) is 67.1 Å². The van der Waals surface area contributed by atoms with Crippen LogP contribution in [0.4, 0.5) is 11.4 Å². The summed E-state index contributed by atoms with van der Waals surface area (Å²) in [5.74, 6) is 0.781. The highest BCUT2D eigenvalue weighted by Gasteiger charge is 2.09. The molecule has 3 aromatic rings. The Morgan fingerprint density at radius 3 is 2.04 bits per heavy atom. The standard InChI is InChI=1S/C23H22N2O3/c1-2-3-17-27-21-13-9-18(10-14-21)23(26)28-22-15-11-20(12-16-22)25-24-19-7-5-4-6-8-19/h4-16H,2-3,17H2,1H3. The molecule has 0 aromatic heterocycles. The summed E-state index contributed by atoms with van der Waals surface area (Å²) in [6.07, 6.45) is 2.08. The molecule has 0 amide bonds. The summed E-state index contributed by atoms with van der Waals surface area (Å²) in [5, 5.41) is 8.32. The van der Waals surface area contributed by atoms with Gasteiger partial charge in [-0.15, -0.1) is 0 Å². The van der Waals surface area contributed by atoms with Crippen molar-refractivity contribution in [3.8, 4) is 11.5 Å². The van der Waals surface area contributed by atoms with Crippen LogP contribution in [0.2, 0.25) is 0 Å². The average molecular weight is 374 g/mol. The largest absolute Gasteiger partial charge is 0.494 e. The number of carbonyl (C=O) groups is 1. The van der Waals surface area contributed by atoms with Crippen molar-refractivity contribution in [3.63, 3.8) is 0 Å². The lowest BCUT2D eigenvalue weighted by Gasteiger charge is -2.07. The highest BCUT2D eigenvalue weighted by atomic mass is 16.5. The number of ether oxygens (including phenoxy) is 2. The molecular formula is C23H22N2O3. The number of azo groups is 1. The zero-order valence-corrected chi connectivity index (χ0v) is 15.7. The maximum atomic E-state index is 12.3. The van der Waals surface area contributed by atoms with Crippen LogP contribution in [0, 0.1) is 0 Å². The Balaban J connectivity index is 1.56. The molecule has 0 saturated carbocycles. The smallest absolute Gasteiger partial charge is 0.343 e. The average Bonchev–Trinajstić information content (AvgIpc) is 2.75. The molecule has 5 nitrogen and oxygen atoms in total. The van der Waals surface area contributed by atoms with Crippen molar-refractivity contribution in [2.45, 2.75) is 19.8 Å². The first-order valence-corrected chi connectivity index (χ1v) is 9.26. The normalized spacial score (nSPS) is 10.8. The lowest BCUT2D eigenvalue weighted by atomic mass is 10.2. The molecule has 0 bridgehead atoms. The van der Waals surface area contributed by atoms with Gasteiger partial charge in [-0.2, -0.15) is 10.2 Å². The van der Waals surface area contributed by atoms with E-state index in [9.17, 15) is 4.79 Å². The fourth-order valence-electron chi connectivity index (χ4n) is 2.38. The predicted octanol–water partition coefficient (Wildman–Crippen LogP) is 6.50. The molecule has 3 aromatic carbocycles. The lowest BCUT2D eigenvalue weighted by Crippen LogP contribution is -2.08. The molecular weight excluding hydrogens is 352 g/mol. The first-order valence-electron chi connectivity index (χ1n) is 9.26. The first kappa shape index (κ1) is 19.3. The molecule has 0 aliphatic carbocycles. The van der Waals surface area contributed by atoms with E-state index in [1.807, 2.05) is 30.3 Å². The number of hydrogen-bond donors (Lipinski definition) is 0. The van der Waals surface area contributed by atoms with E-state index < -0.39 is 5.97 Å². The van der Waals surface area contributed by atoms with Gasteiger partial charge in [-0.1, -0.05) is 31.5 Å². The second-order valence-corrected chi connectivity index (χ2v) is 6.15. The summed E-state index contributed by atoms with van der Waals surface area (Å²) in [5.41, 5.74) is 1.92. The van der Waals surface area contributed by atoms with Gasteiger partial charge in [0.1, 0.15) is 11.5 Å². The lowest BCUT2D eigenvalue weighted by molar-refractivity contribution is 0.0734. The topological polar surface area (TPSA) is 60.2 Å². The summed E-state index contributed by atoms with van der Waals surface area (Å²) >= 11 is 0. The zero-order valence-electron chi connectivity index (χ0n) is 15.7. The van der Waals surface area contributed by atoms with Crippen LogP contribution in [0.3, 0.4) is 0 Å². The van der Waals surface area contributed by atoms with Gasteiger partial charge in [-0.3, -0.25) is 0 Å². The number of carbonyl (C=O) groups excluding carboxylic acids is 1. The van der Waals surface area contributed by atoms with Gasteiger partial charge in [0.25, 0.3) is 0 Å². The summed E-state index contributed by atoms with van der Waals surface area (Å²) in [4.78, 5) is 12.3. The van der Waals surface area contributed by atoms with Gasteiger partial charge in [0.2, 0.25) is 0 Å². The van der Waals surface area contributed by atoms with Crippen LogP contribution in [-0.4, -0.2) is 12.6 Å². The number of nitrogens with zero attached hydrogens (tertiary/aromatic N) is 2. The summed E-state index contributed by atoms with van der Waals surface area (Å²) in [6.45, 7) is 2.79. The van der Waals surface area contributed by atoms with Crippen molar-refractivity contribution in [2.75, 3.05) is 6.61 Å². The van der Waals surface area contributed by atoms with Gasteiger partial charge < -0.3 is 9.47 Å². The summed E-state index contributed by atoms with van der Waals surface area (Å²) < 4.78 is 11.0. The highest BCUT2D eigenvalue weighted by molar-refractivity contribution is 5.91. The third-order valence-electron chi connectivity index (χ3n) is 3.94. The molecule has 0 fully saturated rings. The zero-order chi connectivity index (χ0) is 19.6. The Bertz CT molecular complexity index is 905. The van der Waals surface area contributed by atoms with Gasteiger partial charge >= 0.3 is 5.97 Å². The molecule has 0 heterocycles. The molecule has 0 unspecified atom stereocenters. The maximum Gasteiger partial charge on any atom is 0.343 e. The molecule has 142 valence electrons. The third-order valence-corrected chi connectivity index (χ3v) is 3.94. The van der Waals surface area contributed by atoms with Crippen molar-refractivity contribution in [1.29, 1.82) is 0 Å². The van der Waals surface area contributed by atoms with Crippen LogP contribution < -0.4 is 9.47 Å². The molecule has 0 spiro atoms. The Kier molecular flexibility index (Phi) is 6.90. The number of unbranched alkanes of at least 4 members (excludes halogenated alkanes) is 1. The van der Waals surface area contributed by atoms with Crippen molar-refractivity contribution in [1.82, 2.24) is 0 Å². The fraction of sp³-hybridized carbons (Fsp3) is 0.174. The monoisotopic (exact) mass is 374 g/mol. The number of hydrogen-bond acceptors (Lipinski definition) is 5. The first-order chi connectivity index (χ1) is 13.7. The van der Waals surface area contributed by atoms with Crippen molar-refractivity contribution in [3.05, 3.63) is 84.4 Å². The molecule has 5 heteroatoms. The Morgan fingerprint density at radius 1 is 0.786 bits per heavy atom. The van der Waals surface area contributed by atoms with E-state index in [4.69, 9.17) is 9.47 Å². The molecule has 3 rings (SSSR count). The quantitative estimate of drug-likeness (QED) is 0.196. The molecule has 0 atom stereocenters. The molecule has 0 N–H and O–H groups in total. The van der Waals surface area contributed by atoms with E-state index in [1.54, 1.807) is 48.5 Å². The van der Waals surface area contributed by atoms with Crippen LogP contribution in [-0.2, 0) is 0 Å². The Hall–Kier alpha value is -3.47. The van der Waals surface area contributed by atoms with E-state index in [2.05, 4.69) is 17.2 Å². The van der Waals surface area contributed by atoms with Gasteiger partial charge in [0.05, 0.1) is 23.5 Å². The minimum absolute atomic E-state index is 0.418. The molecule has 0 aliphatic heterocycles. The van der Waals surface area contributed by atoms with Crippen LogP contribution in [0.15, 0.2) is 89.1 Å². The van der Waals surface area contributed by atoms with Crippen molar-refractivity contribution < 1.29 is 14.3 Å². The predicted molar refractivity (Wildman–Crippen MR) is 109 cm³/mol. The summed E-state index contributed by atoms with van der Waals surface area (Å²) in [7, 11) is 0. The number of esters is 1. The van der Waals surface area contributed by atoms with E-state index in [0.29, 0.717) is 23.6 Å². The van der Waals surface area contributed by atoms with Gasteiger partial charge in [0.15, 0.2) is 0 Å². The number of rotatable bonds is 8. The Morgan fingerprint density at radius 2 is 1.39 bits per heavy atom. The maximum absolute atomic E-state index is 12.3. The fourth-order valence-corrected chi connectivity index (χ4v) is 2.38. The molecule has 0 radical (unpaired) electrons. The van der Waals surface area contributed by atoms with Crippen molar-refractivity contribution >= 4 is 17.3 Å². The highest BCUT2D eigenvalue weighted by Crippen LogP contribution is 2.22. The SMILES string of the molecule is CCCCOc1ccc(C(=O)Oc2ccc(N=Nc3ccccc3)cc2)cc1. The van der Waals surface area contributed by atoms with Crippen LogP contribution in [0.25, 0.3) is 0 Å². The van der Waals surface area contributed by atoms with Crippen molar-refractivity contribution in [2.24, 2.45) is 10.2 Å². The van der Waals surface area contributed by atoms with Gasteiger partial charge in [-0.25, -0.2) is 4.79 Å². The minimum atomic E-state index is -0.418. The summed E-state index contributed by atoms with van der Waals surface area (Å²) in [6, 6.07) is 23.3. The Labute approximate surface area is 164 Å². The van der Waals surface area contributed by atoms with E-state index in [-0.39, 0.29) is 0 Å². The molecule has 28 heavy (non-hydrogen) atoms. The van der Waals surface area contributed by atoms with E-state index in [1.165, 1.54) is 0 Å². The molecule has 0 aliphatic rings.